The predicted molar refractivity (Wildman–Crippen MR) is 70.5 cm³/mol. The Hall–Kier alpha value is -2.55. The fraction of sp³-hybridized carbons (Fsp3) is 0.0909. The number of sulfonamides is 1. The number of amides is 1. The maximum atomic E-state index is 11.9. The molecule has 0 saturated carbocycles. The highest BCUT2D eigenvalue weighted by molar-refractivity contribution is 7.92. The van der Waals surface area contributed by atoms with Gasteiger partial charge in [-0.05, 0) is 24.3 Å². The number of aromatic nitrogens is 2. The fourth-order valence-corrected chi connectivity index (χ4v) is 2.34. The number of primary amides is 1. The van der Waals surface area contributed by atoms with E-state index in [2.05, 4.69) is 14.7 Å². The van der Waals surface area contributed by atoms with Gasteiger partial charge in [0.05, 0.1) is 12.5 Å². The number of hydrogen-bond acceptors (Lipinski definition) is 5. The Kier molecular flexibility index (Phi) is 3.89. The van der Waals surface area contributed by atoms with Crippen molar-refractivity contribution in [2.75, 3.05) is 11.3 Å². The van der Waals surface area contributed by atoms with E-state index in [9.17, 15) is 13.2 Å². The second-order valence-corrected chi connectivity index (χ2v) is 5.45. The van der Waals surface area contributed by atoms with Gasteiger partial charge in [-0.25, -0.2) is 4.98 Å². The van der Waals surface area contributed by atoms with Crippen molar-refractivity contribution >= 4 is 21.6 Å². The smallest absolute Gasteiger partial charge is 0.278 e. The standard InChI is InChI=1S/C11H12N4O4S/c12-10(16)6-19-9-3-1-8(2-4-9)15-20(17,18)11-5-13-7-14-11/h1-5,7,15H,6H2,(H2,12,16)(H,13,14). The van der Waals surface area contributed by atoms with Crippen LogP contribution in [0.15, 0.2) is 41.8 Å². The Morgan fingerprint density at radius 2 is 2.05 bits per heavy atom. The Labute approximate surface area is 115 Å². The second-order valence-electron chi connectivity index (χ2n) is 3.80. The van der Waals surface area contributed by atoms with E-state index in [1.807, 2.05) is 0 Å². The van der Waals surface area contributed by atoms with Crippen LogP contribution in [0, 0.1) is 0 Å². The zero-order valence-corrected chi connectivity index (χ0v) is 11.1. The maximum absolute atomic E-state index is 11.9. The van der Waals surface area contributed by atoms with Gasteiger partial charge >= 0.3 is 0 Å². The number of nitrogens with zero attached hydrogens (tertiary/aromatic N) is 1. The van der Waals surface area contributed by atoms with E-state index >= 15 is 0 Å². The van der Waals surface area contributed by atoms with Gasteiger partial charge in [0.15, 0.2) is 11.6 Å². The van der Waals surface area contributed by atoms with E-state index in [1.54, 1.807) is 0 Å². The Morgan fingerprint density at radius 1 is 1.35 bits per heavy atom. The number of nitrogens with one attached hydrogen (secondary N) is 2. The number of imidazole rings is 1. The molecule has 2 aromatic rings. The molecule has 0 fully saturated rings. The Morgan fingerprint density at radius 3 is 2.60 bits per heavy atom. The zero-order valence-electron chi connectivity index (χ0n) is 10.2. The van der Waals surface area contributed by atoms with Gasteiger partial charge in [-0.3, -0.25) is 9.52 Å². The molecule has 0 radical (unpaired) electrons. The van der Waals surface area contributed by atoms with Crippen LogP contribution in [-0.4, -0.2) is 30.9 Å². The second kappa shape index (κ2) is 5.61. The molecule has 0 aliphatic heterocycles. The number of carbonyl (C=O) groups is 1. The predicted octanol–water partition coefficient (Wildman–Crippen LogP) is 0.0746. The number of carbonyl (C=O) groups excluding carboxylic acids is 1. The number of benzene rings is 1. The van der Waals surface area contributed by atoms with Gasteiger partial charge in [0.2, 0.25) is 0 Å². The summed E-state index contributed by atoms with van der Waals surface area (Å²) in [7, 11) is -3.69. The van der Waals surface area contributed by atoms with Crippen LogP contribution < -0.4 is 15.2 Å². The van der Waals surface area contributed by atoms with Gasteiger partial charge in [0.1, 0.15) is 5.75 Å². The molecule has 2 rings (SSSR count). The SMILES string of the molecule is NC(=O)COc1ccc(NS(=O)(=O)c2cnc[nH]2)cc1. The quantitative estimate of drug-likeness (QED) is 0.695. The highest BCUT2D eigenvalue weighted by Gasteiger charge is 2.15. The topological polar surface area (TPSA) is 127 Å². The van der Waals surface area contributed by atoms with E-state index in [-0.39, 0.29) is 11.6 Å². The van der Waals surface area contributed by atoms with Gasteiger partial charge in [0.25, 0.3) is 15.9 Å². The highest BCUT2D eigenvalue weighted by atomic mass is 32.2. The molecule has 1 amide bonds. The number of anilines is 1. The van der Waals surface area contributed by atoms with Crippen molar-refractivity contribution in [2.45, 2.75) is 5.03 Å². The van der Waals surface area contributed by atoms with Crippen molar-refractivity contribution < 1.29 is 17.9 Å². The molecule has 9 heteroatoms. The van der Waals surface area contributed by atoms with Crippen molar-refractivity contribution in [3.05, 3.63) is 36.8 Å². The summed E-state index contributed by atoms with van der Waals surface area (Å²) < 4.78 is 31.2. The van der Waals surface area contributed by atoms with E-state index in [1.165, 1.54) is 36.8 Å². The lowest BCUT2D eigenvalue weighted by Crippen LogP contribution is -2.20. The molecule has 1 aromatic heterocycles. The molecule has 0 aliphatic carbocycles. The van der Waals surface area contributed by atoms with E-state index in [0.29, 0.717) is 11.4 Å². The first-order valence-corrected chi connectivity index (χ1v) is 6.98. The average Bonchev–Trinajstić information content (AvgIpc) is 2.92. The molecule has 1 aromatic carbocycles. The van der Waals surface area contributed by atoms with Crippen LogP contribution in [0.2, 0.25) is 0 Å². The summed E-state index contributed by atoms with van der Waals surface area (Å²) in [5.74, 6) is -0.178. The lowest BCUT2D eigenvalue weighted by atomic mass is 10.3. The Balaban J connectivity index is 2.06. The lowest BCUT2D eigenvalue weighted by molar-refractivity contribution is -0.119. The molecule has 0 aliphatic rings. The molecule has 0 saturated heterocycles. The van der Waals surface area contributed by atoms with Crippen LogP contribution in [-0.2, 0) is 14.8 Å². The van der Waals surface area contributed by atoms with Gasteiger partial charge in [-0.2, -0.15) is 8.42 Å². The van der Waals surface area contributed by atoms with Gasteiger partial charge in [-0.15, -0.1) is 0 Å². The molecule has 8 nitrogen and oxygen atoms in total. The minimum Gasteiger partial charge on any atom is -0.484 e. The normalized spacial score (nSPS) is 11.0. The van der Waals surface area contributed by atoms with Crippen molar-refractivity contribution in [3.63, 3.8) is 0 Å². The van der Waals surface area contributed by atoms with Crippen molar-refractivity contribution in [3.8, 4) is 5.75 Å². The number of ether oxygens (including phenoxy) is 1. The summed E-state index contributed by atoms with van der Waals surface area (Å²) in [5, 5.41) is -0.0356. The van der Waals surface area contributed by atoms with Crippen molar-refractivity contribution in [2.24, 2.45) is 5.73 Å². The van der Waals surface area contributed by atoms with E-state index < -0.39 is 15.9 Å². The van der Waals surface area contributed by atoms with E-state index in [0.717, 1.165) is 0 Å². The minimum absolute atomic E-state index is 0.0356. The summed E-state index contributed by atoms with van der Waals surface area (Å²) in [6, 6.07) is 6.05. The van der Waals surface area contributed by atoms with Gasteiger partial charge in [-0.1, -0.05) is 0 Å². The largest absolute Gasteiger partial charge is 0.484 e. The summed E-state index contributed by atoms with van der Waals surface area (Å²) in [4.78, 5) is 16.7. The number of nitrogens with two attached hydrogens (primary N) is 1. The van der Waals surface area contributed by atoms with E-state index in [4.69, 9.17) is 10.5 Å². The maximum Gasteiger partial charge on any atom is 0.278 e. The van der Waals surface area contributed by atoms with Gasteiger partial charge in [0, 0.05) is 5.69 Å². The Bertz CT molecular complexity index is 680. The number of H-pyrrole nitrogens is 1. The average molecular weight is 296 g/mol. The molecular formula is C11H12N4O4S. The van der Waals surface area contributed by atoms with Crippen molar-refractivity contribution in [1.29, 1.82) is 0 Å². The molecular weight excluding hydrogens is 284 g/mol. The molecule has 0 spiro atoms. The molecule has 0 unspecified atom stereocenters. The van der Waals surface area contributed by atoms with Crippen LogP contribution in [0.4, 0.5) is 5.69 Å². The summed E-state index contributed by atoms with van der Waals surface area (Å²) in [6.07, 6.45) is 2.47. The highest BCUT2D eigenvalue weighted by Crippen LogP contribution is 2.18. The first-order valence-electron chi connectivity index (χ1n) is 5.50. The summed E-state index contributed by atoms with van der Waals surface area (Å²) in [6.45, 7) is -0.237. The number of aromatic amines is 1. The summed E-state index contributed by atoms with van der Waals surface area (Å²) >= 11 is 0. The minimum atomic E-state index is -3.69. The third-order valence-corrected chi connectivity index (χ3v) is 3.56. The van der Waals surface area contributed by atoms with Crippen LogP contribution in [0.25, 0.3) is 0 Å². The third kappa shape index (κ3) is 3.48. The third-order valence-electron chi connectivity index (χ3n) is 2.25. The van der Waals surface area contributed by atoms with Gasteiger partial charge < -0.3 is 15.5 Å². The molecule has 0 atom stereocenters. The first kappa shape index (κ1) is 13.9. The molecule has 0 bridgehead atoms. The van der Waals surface area contributed by atoms with Crippen LogP contribution in [0.1, 0.15) is 0 Å². The van der Waals surface area contributed by atoms with Crippen LogP contribution in [0.5, 0.6) is 5.75 Å². The molecule has 20 heavy (non-hydrogen) atoms. The fourth-order valence-electron chi connectivity index (χ4n) is 1.37. The zero-order chi connectivity index (χ0) is 14.6. The van der Waals surface area contributed by atoms with Crippen molar-refractivity contribution in [1.82, 2.24) is 9.97 Å². The van der Waals surface area contributed by atoms with Crippen LogP contribution >= 0.6 is 0 Å². The first-order chi connectivity index (χ1) is 9.47. The number of rotatable bonds is 6. The molecule has 106 valence electrons. The number of hydrogen-bond donors (Lipinski definition) is 3. The molecule has 4 N–H and O–H groups in total. The monoisotopic (exact) mass is 296 g/mol. The lowest BCUT2D eigenvalue weighted by Gasteiger charge is -2.07. The summed E-state index contributed by atoms with van der Waals surface area (Å²) in [5.41, 5.74) is 5.30. The molecule has 1 heterocycles. The van der Waals surface area contributed by atoms with Crippen LogP contribution in [0.3, 0.4) is 0 Å².